The number of carbonyl (C=O) groups excluding carboxylic acids is 1. The van der Waals surface area contributed by atoms with E-state index >= 15 is 0 Å². The van der Waals surface area contributed by atoms with Crippen LogP contribution in [0, 0.1) is 6.92 Å². The molecular weight excluding hydrogens is 437 g/mol. The minimum atomic E-state index is -4.98. The number of halogens is 3. The maximum Gasteiger partial charge on any atom is 0.417 e. The lowest BCUT2D eigenvalue weighted by Crippen LogP contribution is -2.42. The number of piperidine rings is 1. The van der Waals surface area contributed by atoms with Crippen LogP contribution in [0.2, 0.25) is 0 Å². The molecule has 1 heterocycles. The van der Waals surface area contributed by atoms with E-state index in [1.165, 1.54) is 0 Å². The predicted octanol–water partition coefficient (Wildman–Crippen LogP) is 3.36. The third-order valence-corrected chi connectivity index (χ3v) is 6.94. The van der Waals surface area contributed by atoms with Crippen molar-refractivity contribution in [2.24, 2.45) is 0 Å². The number of benzene rings is 2. The van der Waals surface area contributed by atoms with Crippen LogP contribution in [-0.4, -0.2) is 43.0 Å². The molecule has 2 N–H and O–H groups in total. The van der Waals surface area contributed by atoms with Crippen molar-refractivity contribution in [3.05, 3.63) is 59.2 Å². The number of amides is 1. The van der Waals surface area contributed by atoms with E-state index in [2.05, 4.69) is 0 Å². The van der Waals surface area contributed by atoms with Crippen LogP contribution in [-0.2, 0) is 16.2 Å². The van der Waals surface area contributed by atoms with Gasteiger partial charge in [0.1, 0.15) is 11.9 Å². The number of aryl methyl sites for hydroxylation is 1. The number of ether oxygens (including phenoxy) is 1. The van der Waals surface area contributed by atoms with Gasteiger partial charge in [-0.3, -0.25) is 10.0 Å². The predicted molar refractivity (Wildman–Crippen MR) is 104 cm³/mol. The van der Waals surface area contributed by atoms with Gasteiger partial charge in [-0.05, 0) is 44.0 Å². The molecule has 0 saturated carbocycles. The number of hydrogen-bond donors (Lipinski definition) is 2. The van der Waals surface area contributed by atoms with E-state index in [1.54, 1.807) is 12.1 Å². The SMILES string of the molecule is Cc1ccc(OC2CCN(S(=O)(=O)c3cccc(C(F)(F)F)c3C(=O)NO)CC2)cc1. The highest BCUT2D eigenvalue weighted by Crippen LogP contribution is 2.36. The molecule has 31 heavy (non-hydrogen) atoms. The molecule has 2 aromatic carbocycles. The summed E-state index contributed by atoms with van der Waals surface area (Å²) in [5.41, 5.74) is -0.417. The average molecular weight is 458 g/mol. The topological polar surface area (TPSA) is 95.9 Å². The van der Waals surface area contributed by atoms with Crippen LogP contribution in [0.4, 0.5) is 13.2 Å². The van der Waals surface area contributed by atoms with E-state index in [0.29, 0.717) is 24.7 Å². The number of carbonyl (C=O) groups is 1. The lowest BCUT2D eigenvalue weighted by Gasteiger charge is -2.32. The fourth-order valence-electron chi connectivity index (χ4n) is 3.41. The van der Waals surface area contributed by atoms with Crippen molar-refractivity contribution in [1.29, 1.82) is 0 Å². The van der Waals surface area contributed by atoms with Crippen molar-refractivity contribution in [1.82, 2.24) is 9.79 Å². The number of rotatable bonds is 5. The third kappa shape index (κ3) is 5.00. The van der Waals surface area contributed by atoms with Gasteiger partial charge in [0.2, 0.25) is 10.0 Å². The van der Waals surface area contributed by atoms with Gasteiger partial charge in [-0.25, -0.2) is 13.9 Å². The van der Waals surface area contributed by atoms with Gasteiger partial charge in [0.15, 0.2) is 0 Å². The van der Waals surface area contributed by atoms with Crippen LogP contribution in [0.5, 0.6) is 5.75 Å². The molecule has 0 radical (unpaired) electrons. The van der Waals surface area contributed by atoms with Crippen molar-refractivity contribution in [3.63, 3.8) is 0 Å². The molecule has 1 aliphatic rings. The van der Waals surface area contributed by atoms with Gasteiger partial charge >= 0.3 is 6.18 Å². The Morgan fingerprint density at radius 1 is 1.13 bits per heavy atom. The zero-order valence-corrected chi connectivity index (χ0v) is 17.3. The van der Waals surface area contributed by atoms with Crippen LogP contribution in [0.15, 0.2) is 47.4 Å². The maximum atomic E-state index is 13.4. The Morgan fingerprint density at radius 3 is 2.29 bits per heavy atom. The average Bonchev–Trinajstić information content (AvgIpc) is 2.74. The van der Waals surface area contributed by atoms with Gasteiger partial charge in [-0.15, -0.1) is 0 Å². The molecule has 7 nitrogen and oxygen atoms in total. The van der Waals surface area contributed by atoms with E-state index in [1.807, 2.05) is 19.1 Å². The Morgan fingerprint density at radius 2 is 1.74 bits per heavy atom. The van der Waals surface area contributed by atoms with Crippen molar-refractivity contribution in [2.75, 3.05) is 13.1 Å². The van der Waals surface area contributed by atoms with Crippen molar-refractivity contribution in [3.8, 4) is 5.75 Å². The summed E-state index contributed by atoms with van der Waals surface area (Å²) in [6, 6.07) is 9.81. The first-order valence-electron chi connectivity index (χ1n) is 9.42. The van der Waals surface area contributed by atoms with Crippen LogP contribution >= 0.6 is 0 Å². The van der Waals surface area contributed by atoms with E-state index in [9.17, 15) is 26.4 Å². The molecule has 168 valence electrons. The highest BCUT2D eigenvalue weighted by molar-refractivity contribution is 7.89. The first-order chi connectivity index (χ1) is 14.5. The molecular formula is C20H21F3N2O5S. The summed E-state index contributed by atoms with van der Waals surface area (Å²) in [7, 11) is -4.43. The summed E-state index contributed by atoms with van der Waals surface area (Å²) in [5.74, 6) is -0.907. The van der Waals surface area contributed by atoms with E-state index in [4.69, 9.17) is 9.94 Å². The highest BCUT2D eigenvalue weighted by atomic mass is 32.2. The summed E-state index contributed by atoms with van der Waals surface area (Å²) in [4.78, 5) is 11.1. The first-order valence-corrected chi connectivity index (χ1v) is 10.9. The van der Waals surface area contributed by atoms with Gasteiger partial charge in [-0.2, -0.15) is 17.5 Å². The number of nitrogens with one attached hydrogen (secondary N) is 1. The van der Waals surface area contributed by atoms with Gasteiger partial charge in [-0.1, -0.05) is 23.8 Å². The number of hydroxylamine groups is 1. The minimum absolute atomic E-state index is 0.00922. The van der Waals surface area contributed by atoms with Crippen LogP contribution in [0.25, 0.3) is 0 Å². The van der Waals surface area contributed by atoms with Gasteiger partial charge in [0, 0.05) is 13.1 Å². The monoisotopic (exact) mass is 458 g/mol. The normalized spacial score (nSPS) is 16.2. The Balaban J connectivity index is 1.83. The molecule has 1 fully saturated rings. The molecule has 0 aliphatic carbocycles. The zero-order valence-electron chi connectivity index (χ0n) is 16.5. The minimum Gasteiger partial charge on any atom is -0.490 e. The van der Waals surface area contributed by atoms with E-state index < -0.39 is 38.1 Å². The fourth-order valence-corrected chi connectivity index (χ4v) is 5.09. The van der Waals surface area contributed by atoms with Crippen molar-refractivity contribution in [2.45, 2.75) is 36.9 Å². The first kappa shape index (κ1) is 23.0. The largest absolute Gasteiger partial charge is 0.490 e. The molecule has 0 bridgehead atoms. The molecule has 2 aromatic rings. The number of nitrogens with zero attached hydrogens (tertiary/aromatic N) is 1. The fraction of sp³-hybridized carbons (Fsp3) is 0.350. The second-order valence-electron chi connectivity index (χ2n) is 7.15. The van der Waals surface area contributed by atoms with Crippen molar-refractivity contribution >= 4 is 15.9 Å². The van der Waals surface area contributed by atoms with Crippen LogP contribution in [0.1, 0.15) is 34.3 Å². The molecule has 0 aromatic heterocycles. The quantitative estimate of drug-likeness (QED) is 0.529. The molecule has 0 atom stereocenters. The molecule has 1 amide bonds. The van der Waals surface area contributed by atoms with Crippen LogP contribution < -0.4 is 10.2 Å². The second kappa shape index (κ2) is 8.85. The number of hydrogen-bond acceptors (Lipinski definition) is 5. The van der Waals surface area contributed by atoms with Crippen LogP contribution in [0.3, 0.4) is 0 Å². The summed E-state index contributed by atoms with van der Waals surface area (Å²) >= 11 is 0. The molecule has 3 rings (SSSR count). The Bertz CT molecular complexity index is 1050. The van der Waals surface area contributed by atoms with E-state index in [0.717, 1.165) is 27.5 Å². The van der Waals surface area contributed by atoms with Gasteiger partial charge in [0.05, 0.1) is 16.0 Å². The molecule has 0 spiro atoms. The summed E-state index contributed by atoms with van der Waals surface area (Å²) in [5, 5.41) is 8.88. The number of sulfonamides is 1. The van der Waals surface area contributed by atoms with Crippen molar-refractivity contribution < 1.29 is 36.3 Å². The lowest BCUT2D eigenvalue weighted by molar-refractivity contribution is -0.138. The summed E-state index contributed by atoms with van der Waals surface area (Å²) in [6.07, 6.45) is -4.58. The standard InChI is InChI=1S/C20H21F3N2O5S/c1-13-5-7-14(8-6-13)30-15-9-11-25(12-10-15)31(28,29)17-4-2-3-16(20(21,22)23)18(17)19(26)24-27/h2-8,15,27H,9-12H2,1H3,(H,24,26). The molecule has 1 aliphatic heterocycles. The Labute approximate surface area is 177 Å². The summed E-state index contributed by atoms with van der Waals surface area (Å²) in [6.45, 7) is 1.96. The van der Waals surface area contributed by atoms with Gasteiger partial charge in [0.25, 0.3) is 5.91 Å². The third-order valence-electron chi connectivity index (χ3n) is 5.00. The second-order valence-corrected chi connectivity index (χ2v) is 9.06. The molecule has 0 unspecified atom stereocenters. The molecule has 1 saturated heterocycles. The smallest absolute Gasteiger partial charge is 0.417 e. The Hall–Kier alpha value is -2.63. The number of alkyl halides is 3. The maximum absolute atomic E-state index is 13.4. The Kier molecular flexibility index (Phi) is 6.58. The van der Waals surface area contributed by atoms with Gasteiger partial charge < -0.3 is 4.74 Å². The highest BCUT2D eigenvalue weighted by Gasteiger charge is 2.40. The van der Waals surface area contributed by atoms with E-state index in [-0.39, 0.29) is 19.2 Å². The molecule has 11 heteroatoms. The lowest BCUT2D eigenvalue weighted by atomic mass is 10.1. The zero-order chi connectivity index (χ0) is 22.8. The summed E-state index contributed by atoms with van der Waals surface area (Å²) < 4.78 is 73.1.